The van der Waals surface area contributed by atoms with Crippen molar-refractivity contribution in [2.45, 2.75) is 32.6 Å². The highest BCUT2D eigenvalue weighted by atomic mass is 79.9. The third kappa shape index (κ3) is 3.50. The number of carbonyl (C=O) groups excluding carboxylic acids is 1. The second kappa shape index (κ2) is 5.58. The molecule has 90 valence electrons. The number of ketones is 1. The Bertz CT molecular complexity index is 453. The van der Waals surface area contributed by atoms with Crippen molar-refractivity contribution in [2.24, 2.45) is 5.92 Å². The Hall–Kier alpha value is -0.960. The standard InChI is InChI=1S/C14H16BrNO/c1-10-2-4-12(5-3-10)14(17)7-11-6-13(15)9-16-8-11/h4,6,8-10H,2-3,5,7H2,1H3. The van der Waals surface area contributed by atoms with Gasteiger partial charge in [-0.1, -0.05) is 13.0 Å². The summed E-state index contributed by atoms with van der Waals surface area (Å²) in [6.45, 7) is 2.23. The van der Waals surface area contributed by atoms with Gasteiger partial charge < -0.3 is 0 Å². The molecule has 1 aliphatic carbocycles. The van der Waals surface area contributed by atoms with E-state index in [1.807, 2.05) is 6.07 Å². The van der Waals surface area contributed by atoms with Crippen molar-refractivity contribution in [2.75, 3.05) is 0 Å². The van der Waals surface area contributed by atoms with Gasteiger partial charge in [-0.05, 0) is 58.3 Å². The summed E-state index contributed by atoms with van der Waals surface area (Å²) >= 11 is 3.37. The Morgan fingerprint density at radius 2 is 2.35 bits per heavy atom. The van der Waals surface area contributed by atoms with Gasteiger partial charge in [0.05, 0.1) is 0 Å². The quantitative estimate of drug-likeness (QED) is 0.850. The van der Waals surface area contributed by atoms with Crippen molar-refractivity contribution in [1.82, 2.24) is 4.98 Å². The SMILES string of the molecule is CC1CC=C(C(=O)Cc2cncc(Br)c2)CC1. The van der Waals surface area contributed by atoms with Crippen LogP contribution in [0.1, 0.15) is 31.7 Å². The van der Waals surface area contributed by atoms with Gasteiger partial charge in [0.2, 0.25) is 0 Å². The number of Topliss-reactive ketones (excluding diaryl/α,β-unsaturated/α-hetero) is 1. The van der Waals surface area contributed by atoms with Crippen LogP contribution in [0.25, 0.3) is 0 Å². The van der Waals surface area contributed by atoms with E-state index >= 15 is 0 Å². The molecule has 0 aromatic carbocycles. The lowest BCUT2D eigenvalue weighted by atomic mass is 9.88. The zero-order chi connectivity index (χ0) is 12.3. The second-order valence-electron chi connectivity index (χ2n) is 4.72. The van der Waals surface area contributed by atoms with E-state index in [0.717, 1.165) is 40.8 Å². The number of hydrogen-bond donors (Lipinski definition) is 0. The molecule has 1 atom stereocenters. The molecule has 17 heavy (non-hydrogen) atoms. The lowest BCUT2D eigenvalue weighted by molar-refractivity contribution is -0.115. The summed E-state index contributed by atoms with van der Waals surface area (Å²) in [7, 11) is 0. The molecule has 0 amide bonds. The average Bonchev–Trinajstić information content (AvgIpc) is 2.29. The predicted molar refractivity (Wildman–Crippen MR) is 71.7 cm³/mol. The fourth-order valence-corrected chi connectivity index (χ4v) is 2.48. The molecule has 1 aromatic rings. The highest BCUT2D eigenvalue weighted by molar-refractivity contribution is 9.10. The number of pyridine rings is 1. The van der Waals surface area contributed by atoms with Crippen molar-refractivity contribution in [1.29, 1.82) is 0 Å². The molecule has 0 saturated heterocycles. The average molecular weight is 294 g/mol. The summed E-state index contributed by atoms with van der Waals surface area (Å²) in [5, 5.41) is 0. The first-order valence-electron chi connectivity index (χ1n) is 5.97. The van der Waals surface area contributed by atoms with E-state index in [2.05, 4.69) is 33.9 Å². The summed E-state index contributed by atoms with van der Waals surface area (Å²) in [5.74, 6) is 0.968. The number of rotatable bonds is 3. The monoisotopic (exact) mass is 293 g/mol. The van der Waals surface area contributed by atoms with Crippen LogP contribution in [0.15, 0.2) is 34.6 Å². The van der Waals surface area contributed by atoms with Gasteiger partial charge in [0.25, 0.3) is 0 Å². The van der Waals surface area contributed by atoms with E-state index in [-0.39, 0.29) is 5.78 Å². The third-order valence-corrected chi connectivity index (χ3v) is 3.59. The molecule has 0 radical (unpaired) electrons. The number of hydrogen-bond acceptors (Lipinski definition) is 2. The van der Waals surface area contributed by atoms with Crippen molar-refractivity contribution in [3.05, 3.63) is 40.1 Å². The van der Waals surface area contributed by atoms with Gasteiger partial charge in [0.15, 0.2) is 5.78 Å². The van der Waals surface area contributed by atoms with Crippen LogP contribution in [-0.4, -0.2) is 10.8 Å². The van der Waals surface area contributed by atoms with E-state index in [1.54, 1.807) is 12.4 Å². The molecule has 0 spiro atoms. The molecule has 0 N–H and O–H groups in total. The van der Waals surface area contributed by atoms with Gasteiger partial charge in [-0.15, -0.1) is 0 Å². The summed E-state index contributed by atoms with van der Waals surface area (Å²) in [6, 6.07) is 1.96. The lowest BCUT2D eigenvalue weighted by Crippen LogP contribution is -2.12. The number of halogens is 1. The molecule has 3 heteroatoms. The lowest BCUT2D eigenvalue weighted by Gasteiger charge is -2.17. The van der Waals surface area contributed by atoms with Crippen LogP contribution in [0.5, 0.6) is 0 Å². The zero-order valence-electron chi connectivity index (χ0n) is 9.95. The van der Waals surface area contributed by atoms with Crippen LogP contribution in [-0.2, 0) is 11.2 Å². The molecule has 2 rings (SSSR count). The first-order valence-corrected chi connectivity index (χ1v) is 6.76. The number of carbonyl (C=O) groups is 1. The van der Waals surface area contributed by atoms with Crippen LogP contribution >= 0.6 is 15.9 Å². The second-order valence-corrected chi connectivity index (χ2v) is 5.64. The van der Waals surface area contributed by atoms with Crippen LogP contribution in [0.4, 0.5) is 0 Å². The van der Waals surface area contributed by atoms with Gasteiger partial charge in [-0.25, -0.2) is 0 Å². The van der Waals surface area contributed by atoms with E-state index in [1.165, 1.54) is 0 Å². The Labute approximate surface area is 110 Å². The van der Waals surface area contributed by atoms with E-state index < -0.39 is 0 Å². The number of nitrogens with zero attached hydrogens (tertiary/aromatic N) is 1. The summed E-state index contributed by atoms with van der Waals surface area (Å²) in [6.07, 6.45) is 9.17. The van der Waals surface area contributed by atoms with Gasteiger partial charge >= 0.3 is 0 Å². The fraction of sp³-hybridized carbons (Fsp3) is 0.429. The summed E-state index contributed by atoms with van der Waals surface area (Å²) in [4.78, 5) is 16.2. The van der Waals surface area contributed by atoms with Crippen LogP contribution in [0, 0.1) is 5.92 Å². The van der Waals surface area contributed by atoms with Gasteiger partial charge in [-0.2, -0.15) is 0 Å². The minimum absolute atomic E-state index is 0.247. The molecule has 2 nitrogen and oxygen atoms in total. The largest absolute Gasteiger partial charge is 0.294 e. The van der Waals surface area contributed by atoms with E-state index in [0.29, 0.717) is 6.42 Å². The number of aromatic nitrogens is 1. The predicted octanol–water partition coefficient (Wildman–Crippen LogP) is 3.70. The molecular formula is C14H16BrNO. The maximum absolute atomic E-state index is 12.1. The van der Waals surface area contributed by atoms with Crippen LogP contribution in [0.2, 0.25) is 0 Å². The molecule has 0 saturated carbocycles. The maximum atomic E-state index is 12.1. The molecule has 1 aromatic heterocycles. The first kappa shape index (κ1) is 12.5. The van der Waals surface area contributed by atoms with Crippen LogP contribution in [0.3, 0.4) is 0 Å². The Kier molecular flexibility index (Phi) is 4.11. The molecule has 1 unspecified atom stereocenters. The van der Waals surface area contributed by atoms with E-state index in [9.17, 15) is 4.79 Å². The smallest absolute Gasteiger partial charge is 0.162 e. The normalized spacial score (nSPS) is 19.9. The van der Waals surface area contributed by atoms with E-state index in [4.69, 9.17) is 0 Å². The van der Waals surface area contributed by atoms with Crippen molar-refractivity contribution in [3.63, 3.8) is 0 Å². The van der Waals surface area contributed by atoms with Crippen molar-refractivity contribution >= 4 is 21.7 Å². The van der Waals surface area contributed by atoms with Crippen molar-refractivity contribution in [3.8, 4) is 0 Å². The van der Waals surface area contributed by atoms with Gasteiger partial charge in [0, 0.05) is 23.3 Å². The topological polar surface area (TPSA) is 30.0 Å². The van der Waals surface area contributed by atoms with Crippen molar-refractivity contribution < 1.29 is 4.79 Å². The molecule has 1 aliphatic rings. The Morgan fingerprint density at radius 1 is 1.53 bits per heavy atom. The Morgan fingerprint density at radius 3 is 3.00 bits per heavy atom. The first-order chi connectivity index (χ1) is 8.15. The summed E-state index contributed by atoms with van der Waals surface area (Å²) in [5.41, 5.74) is 1.98. The van der Waals surface area contributed by atoms with Gasteiger partial charge in [-0.3, -0.25) is 9.78 Å². The minimum atomic E-state index is 0.247. The maximum Gasteiger partial charge on any atom is 0.162 e. The summed E-state index contributed by atoms with van der Waals surface area (Å²) < 4.78 is 0.925. The third-order valence-electron chi connectivity index (χ3n) is 3.16. The molecule has 1 heterocycles. The minimum Gasteiger partial charge on any atom is -0.294 e. The molecule has 0 fully saturated rings. The Balaban J connectivity index is 2.02. The van der Waals surface area contributed by atoms with Crippen LogP contribution < -0.4 is 0 Å². The highest BCUT2D eigenvalue weighted by Crippen LogP contribution is 2.24. The number of allylic oxidation sites excluding steroid dienone is 2. The zero-order valence-corrected chi connectivity index (χ0v) is 11.5. The van der Waals surface area contributed by atoms with Gasteiger partial charge in [0.1, 0.15) is 0 Å². The highest BCUT2D eigenvalue weighted by Gasteiger charge is 2.16. The fourth-order valence-electron chi connectivity index (χ4n) is 2.07. The molecular weight excluding hydrogens is 278 g/mol. The molecule has 0 aliphatic heterocycles. The molecule has 0 bridgehead atoms.